The highest BCUT2D eigenvalue weighted by Crippen LogP contribution is 2.34. The van der Waals surface area contributed by atoms with Crippen LogP contribution in [0.5, 0.6) is 11.5 Å². The third kappa shape index (κ3) is 5.56. The average molecular weight is 456 g/mol. The molecule has 0 radical (unpaired) electrons. The number of pyridine rings is 1. The Bertz CT molecular complexity index is 1040. The molecule has 0 aliphatic carbocycles. The monoisotopic (exact) mass is 455 g/mol. The molecule has 0 saturated heterocycles. The summed E-state index contributed by atoms with van der Waals surface area (Å²) in [6, 6.07) is 15.5. The molecule has 0 spiro atoms. The van der Waals surface area contributed by atoms with Crippen LogP contribution >= 0.6 is 0 Å². The van der Waals surface area contributed by atoms with Gasteiger partial charge in [-0.15, -0.1) is 0 Å². The molecule has 0 amide bonds. The number of ether oxygens (including phenoxy) is 2. The second kappa shape index (κ2) is 11.0. The Kier molecular flexibility index (Phi) is 8.98. The van der Waals surface area contributed by atoms with E-state index in [1.807, 2.05) is 0 Å². The van der Waals surface area contributed by atoms with Crippen LogP contribution in [0.25, 0.3) is 16.5 Å². The zero-order chi connectivity index (χ0) is 22.6. The van der Waals surface area contributed by atoms with Crippen molar-refractivity contribution in [2.24, 2.45) is 0 Å². The Labute approximate surface area is 200 Å². The summed E-state index contributed by atoms with van der Waals surface area (Å²) in [7, 11) is 3.40. The number of hydrogen-bond donors (Lipinski definition) is 0. The molecule has 174 valence electrons. The summed E-state index contributed by atoms with van der Waals surface area (Å²) in [5.41, 5.74) is 5.29. The number of aromatic nitrogens is 1. The van der Waals surface area contributed by atoms with E-state index >= 15 is 0 Å². The summed E-state index contributed by atoms with van der Waals surface area (Å²) in [5, 5.41) is 2.43. The Morgan fingerprint density at radius 3 is 2.03 bits per heavy atom. The number of halogens is 1. The van der Waals surface area contributed by atoms with Crippen LogP contribution in [0.2, 0.25) is 0 Å². The predicted molar refractivity (Wildman–Crippen MR) is 130 cm³/mol. The average Bonchev–Trinajstić information content (AvgIpc) is 2.75. The molecule has 0 aliphatic heterocycles. The van der Waals surface area contributed by atoms with Gasteiger partial charge in [-0.3, -0.25) is 0 Å². The summed E-state index contributed by atoms with van der Waals surface area (Å²) in [5.74, 6) is 1.56. The SMILES string of the molecule is CCCCCCc1c2cc(OC)c(OC)cc2cc(C)[n+]1-c1ccc(C(C)(C)C)cc1.[Cl-]. The molecule has 3 aromatic rings. The molecule has 3 rings (SSSR count). The minimum atomic E-state index is 0. The zero-order valence-corrected chi connectivity index (χ0v) is 21.5. The molecule has 1 aromatic heterocycles. The van der Waals surface area contributed by atoms with Gasteiger partial charge < -0.3 is 21.9 Å². The fourth-order valence-corrected chi connectivity index (χ4v) is 4.32. The number of nitrogens with zero attached hydrogens (tertiary/aromatic N) is 1. The third-order valence-corrected chi connectivity index (χ3v) is 6.11. The largest absolute Gasteiger partial charge is 1.00 e. The first-order valence-electron chi connectivity index (χ1n) is 11.5. The molecule has 2 aromatic carbocycles. The molecular weight excluding hydrogens is 418 g/mol. The van der Waals surface area contributed by atoms with Gasteiger partial charge in [0.2, 0.25) is 5.69 Å². The van der Waals surface area contributed by atoms with Gasteiger partial charge in [-0.2, -0.15) is 4.57 Å². The van der Waals surface area contributed by atoms with E-state index in [0.717, 1.165) is 17.9 Å². The number of methoxy groups -OCH3 is 2. The van der Waals surface area contributed by atoms with Crippen molar-refractivity contribution in [3.8, 4) is 17.2 Å². The summed E-state index contributed by atoms with van der Waals surface area (Å²) >= 11 is 0. The summed E-state index contributed by atoms with van der Waals surface area (Å²) < 4.78 is 13.6. The molecule has 4 heteroatoms. The zero-order valence-electron chi connectivity index (χ0n) is 20.7. The van der Waals surface area contributed by atoms with Crippen molar-refractivity contribution in [3.05, 3.63) is 59.4 Å². The van der Waals surface area contributed by atoms with E-state index in [2.05, 4.69) is 81.7 Å². The Morgan fingerprint density at radius 1 is 0.844 bits per heavy atom. The Morgan fingerprint density at radius 2 is 1.47 bits per heavy atom. The normalized spacial score (nSPS) is 11.3. The van der Waals surface area contributed by atoms with Crippen molar-refractivity contribution in [1.82, 2.24) is 0 Å². The van der Waals surface area contributed by atoms with Gasteiger partial charge in [-0.1, -0.05) is 59.1 Å². The van der Waals surface area contributed by atoms with Crippen molar-refractivity contribution in [3.63, 3.8) is 0 Å². The number of benzene rings is 2. The minimum absolute atomic E-state index is 0. The first-order chi connectivity index (χ1) is 14.8. The van der Waals surface area contributed by atoms with Crippen LogP contribution in [-0.4, -0.2) is 14.2 Å². The standard InChI is InChI=1S/C28H38NO2.ClH/c1-8-9-10-11-12-25-24-19-27(31-7)26(30-6)18-21(24)17-20(2)29(25)23-15-13-22(14-16-23)28(3,4)5;/h13-19H,8-12H2,1-7H3;1H/q+1;/p-1. The molecule has 0 aliphatic rings. The molecule has 0 fully saturated rings. The van der Waals surface area contributed by atoms with Crippen molar-refractivity contribution in [2.45, 2.75) is 72.1 Å². The number of fused-ring (bicyclic) bond motifs is 1. The molecule has 3 nitrogen and oxygen atoms in total. The second-order valence-corrected chi connectivity index (χ2v) is 9.47. The van der Waals surface area contributed by atoms with Crippen LogP contribution in [0.1, 0.15) is 70.3 Å². The smallest absolute Gasteiger partial charge is 0.211 e. The van der Waals surface area contributed by atoms with Crippen LogP contribution in [0.4, 0.5) is 0 Å². The van der Waals surface area contributed by atoms with Gasteiger partial charge in [0, 0.05) is 31.5 Å². The van der Waals surface area contributed by atoms with E-state index < -0.39 is 0 Å². The number of hydrogen-bond acceptors (Lipinski definition) is 2. The van der Waals surface area contributed by atoms with Crippen LogP contribution < -0.4 is 26.4 Å². The lowest BCUT2D eigenvalue weighted by Crippen LogP contribution is -3.00. The molecule has 0 N–H and O–H groups in total. The van der Waals surface area contributed by atoms with E-state index in [1.54, 1.807) is 14.2 Å². The van der Waals surface area contributed by atoms with Crippen LogP contribution in [0, 0.1) is 6.92 Å². The van der Waals surface area contributed by atoms with Crippen LogP contribution in [0.15, 0.2) is 42.5 Å². The molecule has 1 heterocycles. The second-order valence-electron chi connectivity index (χ2n) is 9.47. The molecular formula is C28H38ClNO2. The fourth-order valence-electron chi connectivity index (χ4n) is 4.32. The van der Waals surface area contributed by atoms with Crippen molar-refractivity contribution in [2.75, 3.05) is 14.2 Å². The van der Waals surface area contributed by atoms with E-state index in [1.165, 1.54) is 59.1 Å². The van der Waals surface area contributed by atoms with Crippen molar-refractivity contribution in [1.29, 1.82) is 0 Å². The van der Waals surface area contributed by atoms with Gasteiger partial charge in [0.25, 0.3) is 0 Å². The molecule has 0 unspecified atom stereocenters. The van der Waals surface area contributed by atoms with Gasteiger partial charge in [0.15, 0.2) is 22.9 Å². The predicted octanol–water partition coefficient (Wildman–Crippen LogP) is 3.87. The fraction of sp³-hybridized carbons (Fsp3) is 0.464. The maximum absolute atomic E-state index is 5.64. The first-order valence-corrected chi connectivity index (χ1v) is 11.5. The number of unbranched alkanes of at least 4 members (excludes halogenated alkanes) is 3. The third-order valence-electron chi connectivity index (χ3n) is 6.11. The van der Waals surface area contributed by atoms with Crippen molar-refractivity contribution < 1.29 is 26.4 Å². The molecule has 0 atom stereocenters. The van der Waals surface area contributed by atoms with E-state index in [4.69, 9.17) is 9.47 Å². The molecule has 0 bridgehead atoms. The van der Waals surface area contributed by atoms with Gasteiger partial charge in [0.05, 0.1) is 19.6 Å². The van der Waals surface area contributed by atoms with Crippen LogP contribution in [-0.2, 0) is 11.8 Å². The van der Waals surface area contributed by atoms with Gasteiger partial charge in [-0.05, 0) is 34.9 Å². The first kappa shape index (κ1) is 26.0. The van der Waals surface area contributed by atoms with Crippen molar-refractivity contribution >= 4 is 10.8 Å². The maximum atomic E-state index is 5.64. The van der Waals surface area contributed by atoms with Crippen LogP contribution in [0.3, 0.4) is 0 Å². The Hall–Kier alpha value is -2.26. The Balaban J connectivity index is 0.00000363. The van der Waals surface area contributed by atoms with Gasteiger partial charge in [-0.25, -0.2) is 0 Å². The summed E-state index contributed by atoms with van der Waals surface area (Å²) in [6.07, 6.45) is 5.99. The van der Waals surface area contributed by atoms with Gasteiger partial charge >= 0.3 is 0 Å². The lowest BCUT2D eigenvalue weighted by atomic mass is 9.87. The number of rotatable bonds is 8. The quantitative estimate of drug-likeness (QED) is 0.380. The summed E-state index contributed by atoms with van der Waals surface area (Å²) in [6.45, 7) is 11.2. The van der Waals surface area contributed by atoms with E-state index in [0.29, 0.717) is 0 Å². The summed E-state index contributed by atoms with van der Waals surface area (Å²) in [4.78, 5) is 0. The lowest BCUT2D eigenvalue weighted by Gasteiger charge is -2.19. The molecule has 32 heavy (non-hydrogen) atoms. The van der Waals surface area contributed by atoms with E-state index in [-0.39, 0.29) is 17.8 Å². The van der Waals surface area contributed by atoms with Gasteiger partial charge in [0.1, 0.15) is 0 Å². The lowest BCUT2D eigenvalue weighted by molar-refractivity contribution is -0.609. The molecule has 0 saturated carbocycles. The minimum Gasteiger partial charge on any atom is -1.00 e. The highest BCUT2D eigenvalue weighted by atomic mass is 35.5. The highest BCUT2D eigenvalue weighted by Gasteiger charge is 2.24. The maximum Gasteiger partial charge on any atom is 0.211 e. The number of aryl methyl sites for hydroxylation is 2. The van der Waals surface area contributed by atoms with E-state index in [9.17, 15) is 0 Å². The highest BCUT2D eigenvalue weighted by molar-refractivity contribution is 5.87. The topological polar surface area (TPSA) is 22.3 Å².